The van der Waals surface area contributed by atoms with Crippen LogP contribution in [-0.4, -0.2) is 19.2 Å². The Bertz CT molecular complexity index is 1250. The average Bonchev–Trinajstić information content (AvgIpc) is 2.80. The molecular formula is C31H40O6. The lowest BCUT2D eigenvalue weighted by atomic mass is 10.1. The zero-order valence-corrected chi connectivity index (χ0v) is 23.2. The summed E-state index contributed by atoms with van der Waals surface area (Å²) in [6, 6.07) is 5.07. The summed E-state index contributed by atoms with van der Waals surface area (Å²) < 4.78 is 22.5. The highest BCUT2D eigenvalue weighted by Gasteiger charge is 2.20. The first-order chi connectivity index (χ1) is 17.6. The first-order valence-corrected chi connectivity index (χ1v) is 12.7. The topological polar surface area (TPSA) is 75.0 Å². The van der Waals surface area contributed by atoms with Crippen molar-refractivity contribution in [3.05, 3.63) is 75.2 Å². The number of carbonyl (C=O) groups is 1. The maximum atomic E-state index is 12.8. The Hall–Kier alpha value is -3.54. The Labute approximate surface area is 220 Å². The molecule has 1 aromatic carbocycles. The highest BCUT2D eigenvalue weighted by molar-refractivity contribution is 5.89. The van der Waals surface area contributed by atoms with Crippen molar-refractivity contribution in [2.24, 2.45) is 0 Å². The van der Waals surface area contributed by atoms with E-state index in [-0.39, 0.29) is 23.7 Å². The van der Waals surface area contributed by atoms with Crippen LogP contribution in [0.25, 0.3) is 11.0 Å². The zero-order chi connectivity index (χ0) is 27.4. The van der Waals surface area contributed by atoms with Crippen LogP contribution in [0.5, 0.6) is 17.2 Å². The van der Waals surface area contributed by atoms with Crippen LogP contribution >= 0.6 is 0 Å². The molecule has 0 fully saturated rings. The largest absolute Gasteiger partial charge is 0.489 e. The van der Waals surface area contributed by atoms with Crippen LogP contribution in [-0.2, 0) is 4.79 Å². The lowest BCUT2D eigenvalue weighted by Crippen LogP contribution is -2.12. The molecule has 0 aliphatic heterocycles. The molecule has 0 atom stereocenters. The Kier molecular flexibility index (Phi) is 11.9. The van der Waals surface area contributed by atoms with Crippen molar-refractivity contribution in [2.75, 3.05) is 13.2 Å². The van der Waals surface area contributed by atoms with Crippen molar-refractivity contribution in [2.45, 2.75) is 74.1 Å². The summed E-state index contributed by atoms with van der Waals surface area (Å²) in [5.74, 6) is -0.0869. The number of fused-ring (bicyclic) bond motifs is 1. The molecule has 1 aromatic heterocycles. The van der Waals surface area contributed by atoms with E-state index in [0.717, 1.165) is 31.3 Å². The van der Waals surface area contributed by atoms with Crippen molar-refractivity contribution < 1.29 is 23.4 Å². The van der Waals surface area contributed by atoms with Crippen molar-refractivity contribution in [3.8, 4) is 17.2 Å². The van der Waals surface area contributed by atoms with Gasteiger partial charge in [-0.15, -0.1) is 0 Å². The molecule has 200 valence electrons. The van der Waals surface area contributed by atoms with Gasteiger partial charge in [0.2, 0.25) is 5.75 Å². The number of rotatable bonds is 13. The second-order valence-electron chi connectivity index (χ2n) is 9.66. The van der Waals surface area contributed by atoms with E-state index in [9.17, 15) is 9.59 Å². The molecule has 0 N–H and O–H groups in total. The highest BCUT2D eigenvalue weighted by atomic mass is 16.6. The van der Waals surface area contributed by atoms with Crippen molar-refractivity contribution in [1.29, 1.82) is 0 Å². The van der Waals surface area contributed by atoms with E-state index < -0.39 is 11.6 Å². The van der Waals surface area contributed by atoms with Gasteiger partial charge < -0.3 is 18.6 Å². The van der Waals surface area contributed by atoms with Crippen LogP contribution in [0.2, 0.25) is 0 Å². The molecule has 0 aliphatic carbocycles. The van der Waals surface area contributed by atoms with Crippen molar-refractivity contribution >= 4 is 16.9 Å². The van der Waals surface area contributed by atoms with Crippen molar-refractivity contribution in [3.63, 3.8) is 0 Å². The molecule has 0 saturated carbocycles. The second-order valence-corrected chi connectivity index (χ2v) is 9.66. The Balaban J connectivity index is 2.19. The quantitative estimate of drug-likeness (QED) is 0.156. The fourth-order valence-electron chi connectivity index (χ4n) is 3.52. The molecule has 1 heterocycles. The number of esters is 1. The standard InChI is InChI=1S/C31H40O6/c1-21(2)10-8-12-23(5)16-18-34-26-14-15-27-28(20-26)37-31(33)30(29(27)36-25(7)32)35-19-17-24(6)13-9-11-22(3)4/h10-11,14-17,20H,8-9,12-13,18-19H2,1-7H3. The molecule has 0 spiro atoms. The number of carbonyl (C=O) groups excluding carboxylic acids is 1. The van der Waals surface area contributed by atoms with E-state index in [2.05, 4.69) is 46.8 Å². The van der Waals surface area contributed by atoms with E-state index in [1.165, 1.54) is 23.6 Å². The second kappa shape index (κ2) is 14.9. The third kappa shape index (κ3) is 10.5. The maximum absolute atomic E-state index is 12.8. The van der Waals surface area contributed by atoms with Crippen LogP contribution in [0.4, 0.5) is 0 Å². The first kappa shape index (κ1) is 29.7. The van der Waals surface area contributed by atoms with Crippen LogP contribution < -0.4 is 19.8 Å². The van der Waals surface area contributed by atoms with Gasteiger partial charge in [-0.25, -0.2) is 4.79 Å². The molecule has 37 heavy (non-hydrogen) atoms. The van der Waals surface area contributed by atoms with Gasteiger partial charge in [-0.1, -0.05) is 34.4 Å². The van der Waals surface area contributed by atoms with Crippen LogP contribution in [0.3, 0.4) is 0 Å². The number of hydrogen-bond acceptors (Lipinski definition) is 6. The number of ether oxygens (including phenoxy) is 3. The molecule has 6 nitrogen and oxygen atoms in total. The Morgan fingerprint density at radius 2 is 1.35 bits per heavy atom. The van der Waals surface area contributed by atoms with E-state index in [1.807, 2.05) is 19.1 Å². The molecule has 2 aromatic rings. The lowest BCUT2D eigenvalue weighted by molar-refractivity contribution is -0.131. The fraction of sp³-hybridized carbons (Fsp3) is 0.419. The third-order valence-corrected chi connectivity index (χ3v) is 5.56. The monoisotopic (exact) mass is 508 g/mol. The van der Waals surface area contributed by atoms with E-state index >= 15 is 0 Å². The molecule has 0 unspecified atom stereocenters. The average molecular weight is 509 g/mol. The van der Waals surface area contributed by atoms with Gasteiger partial charge in [0.15, 0.2) is 5.75 Å². The molecule has 6 heteroatoms. The minimum absolute atomic E-state index is 0.0518. The predicted octanol–water partition coefficient (Wildman–Crippen LogP) is 7.86. The molecule has 0 aliphatic rings. The van der Waals surface area contributed by atoms with Gasteiger partial charge in [0, 0.05) is 13.0 Å². The van der Waals surface area contributed by atoms with Gasteiger partial charge in [-0.2, -0.15) is 0 Å². The maximum Gasteiger partial charge on any atom is 0.383 e. The van der Waals surface area contributed by atoms with Crippen LogP contribution in [0.15, 0.2) is 74.0 Å². The van der Waals surface area contributed by atoms with Crippen LogP contribution in [0.1, 0.15) is 74.1 Å². The highest BCUT2D eigenvalue weighted by Crippen LogP contribution is 2.35. The Morgan fingerprint density at radius 1 is 0.784 bits per heavy atom. The molecular weight excluding hydrogens is 468 g/mol. The molecule has 0 radical (unpaired) electrons. The zero-order valence-electron chi connectivity index (χ0n) is 23.2. The van der Waals surface area contributed by atoms with Gasteiger partial charge in [-0.3, -0.25) is 4.79 Å². The number of benzene rings is 1. The van der Waals surface area contributed by atoms with Gasteiger partial charge in [0.25, 0.3) is 0 Å². The SMILES string of the molecule is CC(=O)Oc1c(OCC=C(C)CCC=C(C)C)c(=O)oc2cc(OCC=C(C)CCC=C(C)C)ccc12. The number of allylic oxidation sites excluding steroid dienone is 6. The van der Waals surface area contributed by atoms with E-state index in [1.54, 1.807) is 18.2 Å². The first-order valence-electron chi connectivity index (χ1n) is 12.7. The van der Waals surface area contributed by atoms with E-state index in [4.69, 9.17) is 18.6 Å². The summed E-state index contributed by atoms with van der Waals surface area (Å²) in [6.07, 6.45) is 12.1. The van der Waals surface area contributed by atoms with E-state index in [0.29, 0.717) is 17.7 Å². The fourth-order valence-corrected chi connectivity index (χ4v) is 3.52. The summed E-state index contributed by atoms with van der Waals surface area (Å²) in [5.41, 5.74) is 4.50. The summed E-state index contributed by atoms with van der Waals surface area (Å²) >= 11 is 0. The summed E-state index contributed by atoms with van der Waals surface area (Å²) in [7, 11) is 0. The van der Waals surface area contributed by atoms with Gasteiger partial charge in [0.05, 0.1) is 5.39 Å². The van der Waals surface area contributed by atoms with Gasteiger partial charge in [-0.05, 0) is 91.5 Å². The molecule has 0 amide bonds. The van der Waals surface area contributed by atoms with Crippen molar-refractivity contribution in [1.82, 2.24) is 0 Å². The van der Waals surface area contributed by atoms with Crippen LogP contribution in [0, 0.1) is 0 Å². The number of hydrogen-bond donors (Lipinski definition) is 0. The normalized spacial score (nSPS) is 11.8. The van der Waals surface area contributed by atoms with Gasteiger partial charge >= 0.3 is 11.6 Å². The minimum Gasteiger partial charge on any atom is -0.489 e. The summed E-state index contributed by atoms with van der Waals surface area (Å²) in [6.45, 7) is 14.2. The molecule has 0 bridgehead atoms. The predicted molar refractivity (Wildman–Crippen MR) is 150 cm³/mol. The smallest absolute Gasteiger partial charge is 0.383 e. The van der Waals surface area contributed by atoms with Gasteiger partial charge in [0.1, 0.15) is 24.5 Å². The lowest BCUT2D eigenvalue weighted by Gasteiger charge is -2.12. The minimum atomic E-state index is -0.716. The summed E-state index contributed by atoms with van der Waals surface area (Å²) in [5, 5.41) is 0.454. The molecule has 0 saturated heterocycles. The third-order valence-electron chi connectivity index (χ3n) is 5.56. The Morgan fingerprint density at radius 3 is 1.89 bits per heavy atom. The molecule has 2 rings (SSSR count). The summed E-state index contributed by atoms with van der Waals surface area (Å²) in [4.78, 5) is 24.6.